The van der Waals surface area contributed by atoms with Crippen LogP contribution in [-0.4, -0.2) is 29.6 Å². The van der Waals surface area contributed by atoms with Gasteiger partial charge in [-0.3, -0.25) is 10.1 Å². The molecule has 0 spiro atoms. The molecule has 1 N–H and O–H groups in total. The molecule has 0 fully saturated rings. The zero-order valence-corrected chi connectivity index (χ0v) is 9.41. The van der Waals surface area contributed by atoms with Crippen LogP contribution in [0.3, 0.4) is 0 Å². The Morgan fingerprint density at radius 1 is 1.53 bits per heavy atom. The number of nitrogens with zero attached hydrogens (tertiary/aromatic N) is 2. The molecular formula is C10H12N2O5. The molecule has 0 radical (unpaired) electrons. The minimum Gasteiger partial charge on any atom is -0.493 e. The maximum absolute atomic E-state index is 10.5. The third kappa shape index (κ3) is 3.33. The van der Waals surface area contributed by atoms with Crippen LogP contribution in [0.1, 0.15) is 6.92 Å². The number of benzene rings is 1. The Labute approximate surface area is 97.4 Å². The number of hydrogen-bond acceptors (Lipinski definition) is 6. The molecule has 7 nitrogen and oxygen atoms in total. The molecule has 0 aliphatic heterocycles. The van der Waals surface area contributed by atoms with Gasteiger partial charge >= 0.3 is 0 Å². The SMILES string of the molecule is COc1cc([N+](=O)[O-])ccc1OC/C(C)=N/O. The van der Waals surface area contributed by atoms with Crippen molar-refractivity contribution in [3.05, 3.63) is 28.3 Å². The Morgan fingerprint density at radius 3 is 2.76 bits per heavy atom. The predicted molar refractivity (Wildman–Crippen MR) is 60.0 cm³/mol. The number of hydrogen-bond donors (Lipinski definition) is 1. The average Bonchev–Trinajstić information content (AvgIpc) is 2.35. The Kier molecular flexibility index (Phi) is 4.27. The van der Waals surface area contributed by atoms with E-state index in [1.807, 2.05) is 0 Å². The summed E-state index contributed by atoms with van der Waals surface area (Å²) in [4.78, 5) is 10.0. The van der Waals surface area contributed by atoms with Crippen molar-refractivity contribution in [3.8, 4) is 11.5 Å². The fourth-order valence-corrected chi connectivity index (χ4v) is 1.10. The van der Waals surface area contributed by atoms with E-state index in [9.17, 15) is 10.1 Å². The van der Waals surface area contributed by atoms with E-state index < -0.39 is 4.92 Å². The lowest BCUT2D eigenvalue weighted by atomic mass is 10.3. The molecule has 0 aliphatic rings. The molecule has 17 heavy (non-hydrogen) atoms. The first-order valence-electron chi connectivity index (χ1n) is 4.71. The summed E-state index contributed by atoms with van der Waals surface area (Å²) in [5, 5.41) is 21.9. The molecule has 0 bridgehead atoms. The largest absolute Gasteiger partial charge is 0.493 e. The summed E-state index contributed by atoms with van der Waals surface area (Å²) < 4.78 is 10.2. The zero-order valence-electron chi connectivity index (χ0n) is 9.41. The maximum Gasteiger partial charge on any atom is 0.273 e. The molecule has 0 atom stereocenters. The van der Waals surface area contributed by atoms with Crippen molar-refractivity contribution in [3.63, 3.8) is 0 Å². The van der Waals surface area contributed by atoms with E-state index in [0.29, 0.717) is 11.5 Å². The van der Waals surface area contributed by atoms with Gasteiger partial charge in [-0.05, 0) is 13.0 Å². The number of non-ortho nitro benzene ring substituents is 1. The van der Waals surface area contributed by atoms with E-state index in [-0.39, 0.29) is 18.0 Å². The number of nitro groups is 1. The lowest BCUT2D eigenvalue weighted by Crippen LogP contribution is -2.08. The third-order valence-electron chi connectivity index (χ3n) is 1.97. The van der Waals surface area contributed by atoms with Gasteiger partial charge in [0.2, 0.25) is 0 Å². The fraction of sp³-hybridized carbons (Fsp3) is 0.300. The first-order chi connectivity index (χ1) is 8.08. The quantitative estimate of drug-likeness (QED) is 0.366. The molecule has 0 heterocycles. The van der Waals surface area contributed by atoms with Gasteiger partial charge in [-0.25, -0.2) is 0 Å². The lowest BCUT2D eigenvalue weighted by Gasteiger charge is -2.09. The summed E-state index contributed by atoms with van der Waals surface area (Å²) in [7, 11) is 1.39. The van der Waals surface area contributed by atoms with Crippen molar-refractivity contribution in [2.45, 2.75) is 6.92 Å². The van der Waals surface area contributed by atoms with Gasteiger partial charge < -0.3 is 14.7 Å². The first-order valence-corrected chi connectivity index (χ1v) is 4.71. The minimum absolute atomic E-state index is 0.0741. The summed E-state index contributed by atoms with van der Waals surface area (Å²) in [6.45, 7) is 1.66. The highest BCUT2D eigenvalue weighted by atomic mass is 16.6. The Morgan fingerprint density at radius 2 is 2.24 bits per heavy atom. The second-order valence-corrected chi connectivity index (χ2v) is 3.22. The normalized spacial score (nSPS) is 11.1. The van der Waals surface area contributed by atoms with Crippen molar-refractivity contribution in [1.29, 1.82) is 0 Å². The minimum atomic E-state index is -0.521. The molecular weight excluding hydrogens is 228 g/mol. The van der Waals surface area contributed by atoms with Gasteiger partial charge in [0.05, 0.1) is 23.8 Å². The van der Waals surface area contributed by atoms with Gasteiger partial charge in [0.15, 0.2) is 11.5 Å². The number of nitro benzene ring substituents is 1. The molecule has 7 heteroatoms. The van der Waals surface area contributed by atoms with Crippen LogP contribution in [0, 0.1) is 10.1 Å². The van der Waals surface area contributed by atoms with Crippen molar-refractivity contribution >= 4 is 11.4 Å². The number of oxime groups is 1. The molecule has 1 aromatic carbocycles. The van der Waals surface area contributed by atoms with E-state index in [2.05, 4.69) is 5.16 Å². The monoisotopic (exact) mass is 240 g/mol. The summed E-state index contributed by atoms with van der Waals surface area (Å²) >= 11 is 0. The van der Waals surface area contributed by atoms with Gasteiger partial charge in [0, 0.05) is 6.07 Å². The Balaban J connectivity index is 2.89. The van der Waals surface area contributed by atoms with Crippen LogP contribution in [-0.2, 0) is 0 Å². The molecule has 0 amide bonds. The van der Waals surface area contributed by atoms with Crippen molar-refractivity contribution < 1.29 is 19.6 Å². The van der Waals surface area contributed by atoms with Crippen molar-refractivity contribution in [1.82, 2.24) is 0 Å². The number of ether oxygens (including phenoxy) is 2. The molecule has 92 valence electrons. The predicted octanol–water partition coefficient (Wildman–Crippen LogP) is 1.83. The topological polar surface area (TPSA) is 94.2 Å². The molecule has 1 rings (SSSR count). The van der Waals surface area contributed by atoms with Crippen LogP contribution < -0.4 is 9.47 Å². The van der Waals surface area contributed by atoms with Gasteiger partial charge in [0.1, 0.15) is 6.61 Å². The van der Waals surface area contributed by atoms with E-state index in [1.54, 1.807) is 6.92 Å². The molecule has 0 unspecified atom stereocenters. The van der Waals surface area contributed by atoms with E-state index >= 15 is 0 Å². The van der Waals surface area contributed by atoms with Crippen LogP contribution in [0.25, 0.3) is 0 Å². The zero-order chi connectivity index (χ0) is 12.8. The highest BCUT2D eigenvalue weighted by molar-refractivity contribution is 5.82. The van der Waals surface area contributed by atoms with Gasteiger partial charge in [-0.15, -0.1) is 0 Å². The van der Waals surface area contributed by atoms with E-state index in [0.717, 1.165) is 0 Å². The smallest absolute Gasteiger partial charge is 0.273 e. The third-order valence-corrected chi connectivity index (χ3v) is 1.97. The van der Waals surface area contributed by atoms with Crippen molar-refractivity contribution in [2.24, 2.45) is 5.16 Å². The summed E-state index contributed by atoms with van der Waals surface area (Å²) in [5.74, 6) is 0.603. The van der Waals surface area contributed by atoms with Crippen LogP contribution in [0.15, 0.2) is 23.4 Å². The number of rotatable bonds is 5. The lowest BCUT2D eigenvalue weighted by molar-refractivity contribution is -0.384. The summed E-state index contributed by atoms with van der Waals surface area (Å²) in [5.41, 5.74) is 0.298. The Bertz CT molecular complexity index is 444. The van der Waals surface area contributed by atoms with Crippen LogP contribution in [0.4, 0.5) is 5.69 Å². The van der Waals surface area contributed by atoms with Crippen LogP contribution >= 0.6 is 0 Å². The fourth-order valence-electron chi connectivity index (χ4n) is 1.10. The van der Waals surface area contributed by atoms with Crippen LogP contribution in [0.2, 0.25) is 0 Å². The van der Waals surface area contributed by atoms with E-state index in [1.165, 1.54) is 25.3 Å². The van der Waals surface area contributed by atoms with E-state index in [4.69, 9.17) is 14.7 Å². The maximum atomic E-state index is 10.5. The molecule has 1 aromatic rings. The van der Waals surface area contributed by atoms with Gasteiger partial charge in [0.25, 0.3) is 5.69 Å². The second-order valence-electron chi connectivity index (χ2n) is 3.22. The summed E-state index contributed by atoms with van der Waals surface area (Å²) in [6, 6.07) is 4.01. The standard InChI is InChI=1S/C10H12N2O5/c1-7(11-13)6-17-9-4-3-8(12(14)15)5-10(9)16-2/h3-5,13H,6H2,1-2H3/b11-7+. The first kappa shape index (κ1) is 12.8. The Hall–Kier alpha value is -2.31. The van der Waals surface area contributed by atoms with Gasteiger partial charge in [-0.2, -0.15) is 0 Å². The number of methoxy groups -OCH3 is 1. The second kappa shape index (κ2) is 5.69. The highest BCUT2D eigenvalue weighted by Gasteiger charge is 2.12. The molecule has 0 saturated carbocycles. The molecule has 0 aliphatic carbocycles. The highest BCUT2D eigenvalue weighted by Crippen LogP contribution is 2.30. The average molecular weight is 240 g/mol. The van der Waals surface area contributed by atoms with Crippen LogP contribution in [0.5, 0.6) is 11.5 Å². The molecule has 0 saturated heterocycles. The van der Waals surface area contributed by atoms with Gasteiger partial charge in [-0.1, -0.05) is 5.16 Å². The molecule has 0 aromatic heterocycles. The summed E-state index contributed by atoms with van der Waals surface area (Å²) in [6.07, 6.45) is 0. The van der Waals surface area contributed by atoms with Crippen molar-refractivity contribution in [2.75, 3.05) is 13.7 Å².